The largest absolute Gasteiger partial charge is 0.351 e. The summed E-state index contributed by atoms with van der Waals surface area (Å²) in [5.41, 5.74) is 3.90. The van der Waals surface area contributed by atoms with E-state index in [1.54, 1.807) is 18.2 Å². The molecule has 1 N–H and O–H groups in total. The zero-order chi connectivity index (χ0) is 25.9. The minimum absolute atomic E-state index is 0.0112. The Balaban J connectivity index is 1.61. The van der Waals surface area contributed by atoms with Crippen LogP contribution < -0.4 is 10.2 Å². The van der Waals surface area contributed by atoms with Gasteiger partial charge in [0, 0.05) is 17.3 Å². The summed E-state index contributed by atoms with van der Waals surface area (Å²) >= 11 is 0. The number of aryl methyl sites for hydroxylation is 2. The lowest BCUT2D eigenvalue weighted by Crippen LogP contribution is -2.48. The van der Waals surface area contributed by atoms with Crippen molar-refractivity contribution >= 4 is 28.5 Å². The summed E-state index contributed by atoms with van der Waals surface area (Å²) < 4.78 is 16.8. The number of anilines is 1. The van der Waals surface area contributed by atoms with Crippen LogP contribution in [0.1, 0.15) is 48.4 Å². The molecule has 1 aliphatic carbocycles. The molecule has 190 valence electrons. The third-order valence-corrected chi connectivity index (χ3v) is 6.99. The molecule has 5 rings (SSSR count). The van der Waals surface area contributed by atoms with Gasteiger partial charge in [0.15, 0.2) is 0 Å². The summed E-state index contributed by atoms with van der Waals surface area (Å²) in [5.74, 6) is -1.32. The van der Waals surface area contributed by atoms with E-state index in [4.69, 9.17) is 0 Å². The van der Waals surface area contributed by atoms with Crippen molar-refractivity contribution in [1.82, 2.24) is 20.3 Å². The number of aromatic nitrogens is 3. The van der Waals surface area contributed by atoms with Crippen LogP contribution in [0.15, 0.2) is 66.7 Å². The number of hydrogen-bond acceptors (Lipinski definition) is 4. The maximum Gasteiger partial charge on any atom is 0.249 e. The molecular weight excluding hydrogens is 469 g/mol. The van der Waals surface area contributed by atoms with Crippen LogP contribution in [0.4, 0.5) is 10.1 Å². The monoisotopic (exact) mass is 499 g/mol. The van der Waals surface area contributed by atoms with E-state index in [1.165, 1.54) is 15.6 Å². The molecule has 7 nitrogen and oxygen atoms in total. The predicted octanol–water partition coefficient (Wildman–Crippen LogP) is 5.02. The number of nitrogens with zero attached hydrogens (tertiary/aromatic N) is 4. The number of para-hydroxylation sites is 1. The van der Waals surface area contributed by atoms with Gasteiger partial charge in [0.05, 0.1) is 5.52 Å². The van der Waals surface area contributed by atoms with Crippen LogP contribution in [0.5, 0.6) is 0 Å². The molecule has 8 heteroatoms. The molecule has 1 fully saturated rings. The molecule has 0 saturated heterocycles. The average Bonchev–Trinajstić information content (AvgIpc) is 3.54. The highest BCUT2D eigenvalue weighted by atomic mass is 19.1. The smallest absolute Gasteiger partial charge is 0.249 e. The van der Waals surface area contributed by atoms with E-state index in [-0.39, 0.29) is 18.2 Å². The van der Waals surface area contributed by atoms with Crippen LogP contribution >= 0.6 is 0 Å². The molecule has 0 bridgehead atoms. The van der Waals surface area contributed by atoms with Crippen LogP contribution in [0.2, 0.25) is 0 Å². The topological polar surface area (TPSA) is 80.1 Å². The molecule has 1 saturated carbocycles. The highest BCUT2D eigenvalue weighted by Crippen LogP contribution is 2.33. The van der Waals surface area contributed by atoms with Crippen molar-refractivity contribution < 1.29 is 14.0 Å². The molecule has 1 aromatic heterocycles. The fourth-order valence-corrected chi connectivity index (χ4v) is 5.18. The lowest BCUT2D eigenvalue weighted by molar-refractivity contribution is -0.127. The van der Waals surface area contributed by atoms with Crippen molar-refractivity contribution in [3.63, 3.8) is 0 Å². The van der Waals surface area contributed by atoms with Gasteiger partial charge in [0.25, 0.3) is 0 Å². The van der Waals surface area contributed by atoms with E-state index in [0.717, 1.165) is 36.8 Å². The van der Waals surface area contributed by atoms with Crippen molar-refractivity contribution in [3.05, 3.63) is 89.2 Å². The third-order valence-electron chi connectivity index (χ3n) is 6.99. The summed E-state index contributed by atoms with van der Waals surface area (Å²) in [6, 6.07) is 18.0. The molecule has 2 amide bonds. The van der Waals surface area contributed by atoms with Gasteiger partial charge in [-0.05, 0) is 56.5 Å². The Morgan fingerprint density at radius 1 is 1.05 bits per heavy atom. The van der Waals surface area contributed by atoms with Gasteiger partial charge < -0.3 is 5.32 Å². The van der Waals surface area contributed by atoms with Crippen LogP contribution in [0.25, 0.3) is 11.0 Å². The number of amides is 2. The van der Waals surface area contributed by atoms with Crippen LogP contribution in [0, 0.1) is 19.7 Å². The number of fused-ring (bicyclic) bond motifs is 1. The fraction of sp³-hybridized carbons (Fsp3) is 0.310. The quantitative estimate of drug-likeness (QED) is 0.387. The average molecular weight is 500 g/mol. The molecular formula is C29H30FN5O2. The maximum atomic E-state index is 15.3. The van der Waals surface area contributed by atoms with Crippen LogP contribution in [-0.2, 0) is 16.1 Å². The number of benzene rings is 3. The Labute approximate surface area is 215 Å². The Morgan fingerprint density at radius 2 is 1.78 bits per heavy atom. The van der Waals surface area contributed by atoms with Gasteiger partial charge in [0.2, 0.25) is 11.8 Å². The molecule has 0 unspecified atom stereocenters. The van der Waals surface area contributed by atoms with Gasteiger partial charge in [-0.1, -0.05) is 66.1 Å². The first-order chi connectivity index (χ1) is 17.9. The number of carbonyl (C=O) groups excluding carboxylic acids is 2. The second-order valence-electron chi connectivity index (χ2n) is 9.70. The lowest BCUT2D eigenvalue weighted by atomic mass is 10.00. The second kappa shape index (κ2) is 10.5. The first kappa shape index (κ1) is 24.6. The number of carbonyl (C=O) groups is 2. The second-order valence-corrected chi connectivity index (χ2v) is 9.70. The van der Waals surface area contributed by atoms with Gasteiger partial charge in [-0.25, -0.2) is 9.07 Å². The molecule has 3 aromatic carbocycles. The van der Waals surface area contributed by atoms with Gasteiger partial charge in [-0.2, -0.15) is 0 Å². The molecule has 1 aliphatic rings. The molecule has 0 radical (unpaired) electrons. The van der Waals surface area contributed by atoms with E-state index in [1.807, 2.05) is 56.3 Å². The van der Waals surface area contributed by atoms with Gasteiger partial charge in [0.1, 0.15) is 23.9 Å². The molecule has 0 spiro atoms. The summed E-state index contributed by atoms with van der Waals surface area (Å²) in [7, 11) is 0. The first-order valence-corrected chi connectivity index (χ1v) is 12.6. The number of halogens is 1. The zero-order valence-corrected chi connectivity index (χ0v) is 21.0. The Kier molecular flexibility index (Phi) is 6.99. The lowest BCUT2D eigenvalue weighted by Gasteiger charge is -2.33. The highest BCUT2D eigenvalue weighted by molar-refractivity contribution is 6.02. The minimum atomic E-state index is -1.19. The van der Waals surface area contributed by atoms with E-state index < -0.39 is 23.7 Å². The number of nitrogens with one attached hydrogen (secondary N) is 1. The van der Waals surface area contributed by atoms with E-state index in [9.17, 15) is 9.59 Å². The Bertz CT molecular complexity index is 1440. The normalized spacial score (nSPS) is 14.6. The molecule has 0 aliphatic heterocycles. The standard InChI is InChI=1S/C29H30FN5O2/c1-19-15-16-25(20(2)17-19)35(27(36)18-34-26-14-8-7-13-24(26)32-33-34)28(22-11-5-6-12-23(22)30)29(37)31-21-9-3-4-10-21/h5-8,11-17,21,28H,3-4,9-10,18H2,1-2H3,(H,31,37)/t28-/m1/s1. The SMILES string of the molecule is Cc1ccc(N(C(=O)Cn2nnc3ccccc32)[C@@H](C(=O)NC2CCCC2)c2ccccc2F)c(C)c1. The van der Waals surface area contributed by atoms with E-state index in [2.05, 4.69) is 15.6 Å². The Hall–Kier alpha value is -4.07. The summed E-state index contributed by atoms with van der Waals surface area (Å²) in [6.07, 6.45) is 3.82. The van der Waals surface area contributed by atoms with Crippen molar-refractivity contribution in [2.45, 2.75) is 58.2 Å². The number of rotatable bonds is 7. The predicted molar refractivity (Wildman–Crippen MR) is 140 cm³/mol. The minimum Gasteiger partial charge on any atom is -0.351 e. The summed E-state index contributed by atoms with van der Waals surface area (Å²) in [5, 5.41) is 11.4. The van der Waals surface area contributed by atoms with Crippen LogP contribution in [-0.4, -0.2) is 32.9 Å². The van der Waals surface area contributed by atoms with Crippen molar-refractivity contribution in [3.8, 4) is 0 Å². The van der Waals surface area contributed by atoms with E-state index >= 15 is 4.39 Å². The van der Waals surface area contributed by atoms with Crippen molar-refractivity contribution in [2.75, 3.05) is 4.90 Å². The summed E-state index contributed by atoms with van der Waals surface area (Å²) in [6.45, 7) is 3.70. The maximum absolute atomic E-state index is 15.3. The molecule has 4 aromatic rings. The third kappa shape index (κ3) is 5.09. The Morgan fingerprint density at radius 3 is 2.54 bits per heavy atom. The number of hydrogen-bond donors (Lipinski definition) is 1. The molecule has 1 heterocycles. The first-order valence-electron chi connectivity index (χ1n) is 12.6. The van der Waals surface area contributed by atoms with Crippen LogP contribution in [0.3, 0.4) is 0 Å². The van der Waals surface area contributed by atoms with Crippen molar-refractivity contribution in [2.24, 2.45) is 0 Å². The van der Waals surface area contributed by atoms with Gasteiger partial charge in [-0.3, -0.25) is 14.5 Å². The van der Waals surface area contributed by atoms with Gasteiger partial charge >= 0.3 is 0 Å². The van der Waals surface area contributed by atoms with Gasteiger partial charge in [-0.15, -0.1) is 5.10 Å². The zero-order valence-electron chi connectivity index (χ0n) is 21.0. The molecule has 37 heavy (non-hydrogen) atoms. The van der Waals surface area contributed by atoms with Crippen molar-refractivity contribution in [1.29, 1.82) is 0 Å². The molecule has 1 atom stereocenters. The summed E-state index contributed by atoms with van der Waals surface area (Å²) in [4.78, 5) is 29.4. The highest BCUT2D eigenvalue weighted by Gasteiger charge is 2.36. The van der Waals surface area contributed by atoms with E-state index in [0.29, 0.717) is 16.7 Å². The fourth-order valence-electron chi connectivity index (χ4n) is 5.18.